The first-order valence-electron chi connectivity index (χ1n) is 9.66. The van der Waals surface area contributed by atoms with Crippen LogP contribution in [0.2, 0.25) is 0 Å². The predicted octanol–water partition coefficient (Wildman–Crippen LogP) is 5.61. The fourth-order valence-corrected chi connectivity index (χ4v) is 4.10. The van der Waals surface area contributed by atoms with E-state index in [1.54, 1.807) is 0 Å². The van der Waals surface area contributed by atoms with E-state index in [4.69, 9.17) is 5.73 Å². The minimum atomic E-state index is -0.401. The number of nitrogens with two attached hydrogens (primary N) is 1. The molecule has 29 heavy (non-hydrogen) atoms. The third-order valence-corrected chi connectivity index (χ3v) is 5.45. The van der Waals surface area contributed by atoms with E-state index >= 15 is 0 Å². The molecule has 0 aliphatic carbocycles. The Morgan fingerprint density at radius 1 is 0.724 bits per heavy atom. The Labute approximate surface area is 169 Å². The normalized spacial score (nSPS) is 11.2. The highest BCUT2D eigenvalue weighted by atomic mass is 16.1. The summed E-state index contributed by atoms with van der Waals surface area (Å²) in [6.45, 7) is 0.724. The SMILES string of the molecule is NC(=O)c1cccc2c1c1ccc(-c3ccccc3)cc1n2Cc1ccccc1. The number of amides is 1. The molecule has 1 heterocycles. The van der Waals surface area contributed by atoms with Crippen LogP contribution in [0.15, 0.2) is 97.1 Å². The van der Waals surface area contributed by atoms with Gasteiger partial charge in [-0.25, -0.2) is 0 Å². The molecule has 0 atom stereocenters. The van der Waals surface area contributed by atoms with E-state index in [1.165, 1.54) is 11.1 Å². The first-order chi connectivity index (χ1) is 14.2. The number of primary amides is 1. The Morgan fingerprint density at radius 2 is 1.45 bits per heavy atom. The van der Waals surface area contributed by atoms with Crippen LogP contribution in [0.4, 0.5) is 0 Å². The molecule has 0 radical (unpaired) electrons. The van der Waals surface area contributed by atoms with E-state index in [2.05, 4.69) is 53.1 Å². The highest BCUT2D eigenvalue weighted by molar-refractivity contribution is 6.18. The summed E-state index contributed by atoms with van der Waals surface area (Å²) >= 11 is 0. The minimum absolute atomic E-state index is 0.401. The molecule has 3 heteroatoms. The van der Waals surface area contributed by atoms with Crippen LogP contribution in [0.5, 0.6) is 0 Å². The summed E-state index contributed by atoms with van der Waals surface area (Å²) in [6.07, 6.45) is 0. The zero-order valence-corrected chi connectivity index (χ0v) is 15.9. The lowest BCUT2D eigenvalue weighted by Gasteiger charge is -2.09. The van der Waals surface area contributed by atoms with Gasteiger partial charge in [0.1, 0.15) is 0 Å². The standard InChI is InChI=1S/C26H20N2O/c27-26(29)22-12-7-13-23-25(22)21-15-14-20(19-10-5-2-6-11-19)16-24(21)28(23)17-18-8-3-1-4-9-18/h1-16H,17H2,(H2,27,29). The number of hydrogen-bond acceptors (Lipinski definition) is 1. The summed E-state index contributed by atoms with van der Waals surface area (Å²) in [7, 11) is 0. The van der Waals surface area contributed by atoms with Crippen molar-refractivity contribution < 1.29 is 4.79 Å². The molecular formula is C26H20N2O. The summed E-state index contributed by atoms with van der Waals surface area (Å²) in [5, 5.41) is 1.97. The quantitative estimate of drug-likeness (QED) is 0.435. The maximum Gasteiger partial charge on any atom is 0.249 e. The van der Waals surface area contributed by atoms with Gasteiger partial charge in [-0.15, -0.1) is 0 Å². The van der Waals surface area contributed by atoms with Gasteiger partial charge >= 0.3 is 0 Å². The van der Waals surface area contributed by atoms with Crippen molar-refractivity contribution in [1.29, 1.82) is 0 Å². The second-order valence-corrected chi connectivity index (χ2v) is 7.23. The van der Waals surface area contributed by atoms with Gasteiger partial charge in [0.2, 0.25) is 5.91 Å². The fraction of sp³-hybridized carbons (Fsp3) is 0.0385. The van der Waals surface area contributed by atoms with E-state index in [0.29, 0.717) is 5.56 Å². The Bertz CT molecular complexity index is 1340. The first-order valence-corrected chi connectivity index (χ1v) is 9.66. The Morgan fingerprint density at radius 3 is 2.17 bits per heavy atom. The van der Waals surface area contributed by atoms with E-state index in [1.807, 2.05) is 48.5 Å². The molecule has 1 amide bonds. The van der Waals surface area contributed by atoms with Crippen LogP contribution in [0.3, 0.4) is 0 Å². The molecule has 2 N–H and O–H groups in total. The lowest BCUT2D eigenvalue weighted by Crippen LogP contribution is -2.11. The topological polar surface area (TPSA) is 48.0 Å². The Balaban J connectivity index is 1.82. The Kier molecular flexibility index (Phi) is 4.14. The van der Waals surface area contributed by atoms with E-state index in [9.17, 15) is 4.79 Å². The van der Waals surface area contributed by atoms with Crippen molar-refractivity contribution in [2.45, 2.75) is 6.54 Å². The molecule has 0 spiro atoms. The molecule has 0 bridgehead atoms. The van der Waals surface area contributed by atoms with Crippen LogP contribution in [-0.4, -0.2) is 10.5 Å². The smallest absolute Gasteiger partial charge is 0.249 e. The lowest BCUT2D eigenvalue weighted by atomic mass is 10.0. The van der Waals surface area contributed by atoms with Crippen LogP contribution >= 0.6 is 0 Å². The highest BCUT2D eigenvalue weighted by Gasteiger charge is 2.17. The van der Waals surface area contributed by atoms with Crippen LogP contribution in [0.25, 0.3) is 32.9 Å². The molecule has 4 aromatic carbocycles. The predicted molar refractivity (Wildman–Crippen MR) is 119 cm³/mol. The molecule has 0 saturated heterocycles. The second-order valence-electron chi connectivity index (χ2n) is 7.23. The molecule has 0 unspecified atom stereocenters. The monoisotopic (exact) mass is 376 g/mol. The van der Waals surface area contributed by atoms with Crippen molar-refractivity contribution in [1.82, 2.24) is 4.57 Å². The number of hydrogen-bond donors (Lipinski definition) is 1. The van der Waals surface area contributed by atoms with Gasteiger partial charge in [0.15, 0.2) is 0 Å². The first kappa shape index (κ1) is 17.3. The average molecular weight is 376 g/mol. The number of rotatable bonds is 4. The third-order valence-electron chi connectivity index (χ3n) is 5.45. The number of fused-ring (bicyclic) bond motifs is 3. The molecule has 5 rings (SSSR count). The van der Waals surface area contributed by atoms with Crippen LogP contribution in [0.1, 0.15) is 15.9 Å². The van der Waals surface area contributed by atoms with Gasteiger partial charge in [0.05, 0.1) is 11.0 Å². The molecular weight excluding hydrogens is 356 g/mol. The van der Waals surface area contributed by atoms with Gasteiger partial charge in [-0.3, -0.25) is 4.79 Å². The van der Waals surface area contributed by atoms with Crippen LogP contribution in [0, 0.1) is 0 Å². The zero-order valence-electron chi connectivity index (χ0n) is 15.9. The van der Waals surface area contributed by atoms with Crippen molar-refractivity contribution in [3.05, 3.63) is 108 Å². The van der Waals surface area contributed by atoms with Gasteiger partial charge in [-0.1, -0.05) is 78.9 Å². The lowest BCUT2D eigenvalue weighted by molar-refractivity contribution is 0.100. The van der Waals surface area contributed by atoms with Crippen molar-refractivity contribution in [3.8, 4) is 11.1 Å². The van der Waals surface area contributed by atoms with Gasteiger partial charge in [0, 0.05) is 22.9 Å². The molecule has 0 saturated carbocycles. The van der Waals surface area contributed by atoms with Crippen LogP contribution < -0.4 is 5.73 Å². The minimum Gasteiger partial charge on any atom is -0.366 e. The van der Waals surface area contributed by atoms with E-state index in [0.717, 1.165) is 33.9 Å². The van der Waals surface area contributed by atoms with Gasteiger partial charge < -0.3 is 10.3 Å². The molecule has 1 aromatic heterocycles. The number of aromatic nitrogens is 1. The summed E-state index contributed by atoms with van der Waals surface area (Å²) in [5.74, 6) is -0.401. The molecule has 140 valence electrons. The van der Waals surface area contributed by atoms with Crippen molar-refractivity contribution >= 4 is 27.7 Å². The summed E-state index contributed by atoms with van der Waals surface area (Å²) in [6, 6.07) is 32.9. The third kappa shape index (κ3) is 2.97. The molecule has 0 aliphatic rings. The second kappa shape index (κ2) is 6.95. The fourth-order valence-electron chi connectivity index (χ4n) is 4.10. The van der Waals surface area contributed by atoms with Crippen molar-refractivity contribution in [3.63, 3.8) is 0 Å². The number of carbonyl (C=O) groups excluding carboxylic acids is 1. The van der Waals surface area contributed by atoms with Crippen molar-refractivity contribution in [2.24, 2.45) is 5.73 Å². The summed E-state index contributed by atoms with van der Waals surface area (Å²) in [5.41, 5.74) is 11.9. The largest absolute Gasteiger partial charge is 0.366 e. The molecule has 3 nitrogen and oxygen atoms in total. The zero-order chi connectivity index (χ0) is 19.8. The van der Waals surface area contributed by atoms with Crippen molar-refractivity contribution in [2.75, 3.05) is 0 Å². The maximum atomic E-state index is 12.1. The van der Waals surface area contributed by atoms with E-state index < -0.39 is 5.91 Å². The van der Waals surface area contributed by atoms with Gasteiger partial charge in [-0.2, -0.15) is 0 Å². The summed E-state index contributed by atoms with van der Waals surface area (Å²) in [4.78, 5) is 12.1. The molecule has 0 fully saturated rings. The van der Waals surface area contributed by atoms with Crippen LogP contribution in [-0.2, 0) is 6.54 Å². The average Bonchev–Trinajstić information content (AvgIpc) is 3.08. The van der Waals surface area contributed by atoms with Gasteiger partial charge in [0.25, 0.3) is 0 Å². The van der Waals surface area contributed by atoms with Gasteiger partial charge in [-0.05, 0) is 34.9 Å². The number of carbonyl (C=O) groups is 1. The Hall–Kier alpha value is -3.85. The number of benzene rings is 4. The summed E-state index contributed by atoms with van der Waals surface area (Å²) < 4.78 is 2.28. The molecule has 0 aliphatic heterocycles. The maximum absolute atomic E-state index is 12.1. The highest BCUT2D eigenvalue weighted by Crippen LogP contribution is 2.35. The van der Waals surface area contributed by atoms with E-state index in [-0.39, 0.29) is 0 Å². The number of nitrogens with zero attached hydrogens (tertiary/aromatic N) is 1. The molecule has 5 aromatic rings.